The third kappa shape index (κ3) is 2.35. The van der Waals surface area contributed by atoms with E-state index in [-0.39, 0.29) is 0 Å². The van der Waals surface area contributed by atoms with Crippen LogP contribution in [0.3, 0.4) is 0 Å². The summed E-state index contributed by atoms with van der Waals surface area (Å²) in [4.78, 5) is 23.0. The van der Waals surface area contributed by atoms with Gasteiger partial charge in [0.2, 0.25) is 0 Å². The van der Waals surface area contributed by atoms with Crippen LogP contribution in [0.5, 0.6) is 0 Å². The second-order valence-electron chi connectivity index (χ2n) is 3.96. The first kappa shape index (κ1) is 12.6. The first-order valence-electron chi connectivity index (χ1n) is 6.11. The number of para-hydroxylation sites is 1. The normalized spacial score (nSPS) is 10.7. The zero-order valence-corrected chi connectivity index (χ0v) is 11.5. The summed E-state index contributed by atoms with van der Waals surface area (Å²) in [5, 5.41) is 3.73. The Kier molecular flexibility index (Phi) is 3.34. The summed E-state index contributed by atoms with van der Waals surface area (Å²) in [6, 6.07) is 7.83. The number of fused-ring (bicyclic) bond motifs is 1. The number of carbonyl (C=O) groups is 1. The molecule has 6 nitrogen and oxygen atoms in total. The summed E-state index contributed by atoms with van der Waals surface area (Å²) in [6.07, 6.45) is 1.45. The molecule has 0 bridgehead atoms. The number of aromatic amines is 1. The van der Waals surface area contributed by atoms with Gasteiger partial charge in [-0.3, -0.25) is 0 Å². The Hall–Kier alpha value is -2.41. The number of nitrogens with one attached hydrogen (secondary N) is 2. The number of aromatic nitrogens is 3. The van der Waals surface area contributed by atoms with Gasteiger partial charge in [-0.15, -0.1) is 0 Å². The molecular weight excluding hydrogens is 276 g/mol. The molecule has 0 unspecified atom stereocenters. The quantitative estimate of drug-likeness (QED) is 0.721. The molecule has 0 saturated carbocycles. The number of hydrogen-bond donors (Lipinski definition) is 2. The number of ether oxygens (including phenoxy) is 1. The van der Waals surface area contributed by atoms with Crippen LogP contribution in [0.15, 0.2) is 30.6 Å². The van der Waals surface area contributed by atoms with Crippen molar-refractivity contribution in [3.63, 3.8) is 0 Å². The van der Waals surface area contributed by atoms with E-state index in [0.29, 0.717) is 23.3 Å². The van der Waals surface area contributed by atoms with Gasteiger partial charge < -0.3 is 15.0 Å². The number of nitrogens with zero attached hydrogens (tertiary/aromatic N) is 2. The molecule has 0 amide bonds. The van der Waals surface area contributed by atoms with E-state index in [1.165, 1.54) is 17.7 Å². The minimum absolute atomic E-state index is 0.297. The van der Waals surface area contributed by atoms with Crippen LogP contribution in [-0.2, 0) is 4.74 Å². The van der Waals surface area contributed by atoms with Crippen molar-refractivity contribution in [2.45, 2.75) is 6.92 Å². The van der Waals surface area contributed by atoms with Gasteiger partial charge in [-0.1, -0.05) is 23.5 Å². The summed E-state index contributed by atoms with van der Waals surface area (Å²) in [6.45, 7) is 2.08. The lowest BCUT2D eigenvalue weighted by molar-refractivity contribution is 0.0521. The van der Waals surface area contributed by atoms with Crippen LogP contribution in [0.2, 0.25) is 0 Å². The van der Waals surface area contributed by atoms with Crippen molar-refractivity contribution in [2.24, 2.45) is 0 Å². The molecule has 0 spiro atoms. The fourth-order valence-electron chi connectivity index (χ4n) is 1.77. The van der Waals surface area contributed by atoms with Crippen molar-refractivity contribution in [1.82, 2.24) is 15.0 Å². The lowest BCUT2D eigenvalue weighted by Gasteiger charge is -2.02. The largest absolute Gasteiger partial charge is 0.461 e. The Morgan fingerprint density at radius 3 is 3.10 bits per heavy atom. The molecule has 2 heterocycles. The molecule has 3 aromatic rings. The zero-order valence-electron chi connectivity index (χ0n) is 10.7. The first-order chi connectivity index (χ1) is 9.78. The Labute approximate surface area is 118 Å². The summed E-state index contributed by atoms with van der Waals surface area (Å²) < 4.78 is 6.03. The fraction of sp³-hybridized carbons (Fsp3) is 0.154. The Bertz CT molecular complexity index is 717. The minimum atomic E-state index is -0.436. The number of esters is 1. The monoisotopic (exact) mass is 288 g/mol. The summed E-state index contributed by atoms with van der Waals surface area (Å²) in [5.74, 6) is -0.0175. The van der Waals surface area contributed by atoms with Gasteiger partial charge in [0.05, 0.1) is 23.2 Å². The van der Waals surface area contributed by atoms with E-state index in [2.05, 4.69) is 20.3 Å². The second kappa shape index (κ2) is 5.30. The fourth-order valence-corrected chi connectivity index (χ4v) is 2.64. The van der Waals surface area contributed by atoms with Crippen LogP contribution in [0.4, 0.5) is 10.9 Å². The highest BCUT2D eigenvalue weighted by Crippen LogP contribution is 2.28. The van der Waals surface area contributed by atoms with E-state index in [9.17, 15) is 4.79 Å². The van der Waals surface area contributed by atoms with Gasteiger partial charge in [0.25, 0.3) is 0 Å². The van der Waals surface area contributed by atoms with E-state index >= 15 is 0 Å². The maximum absolute atomic E-state index is 11.7. The van der Waals surface area contributed by atoms with Crippen molar-refractivity contribution in [3.8, 4) is 0 Å². The van der Waals surface area contributed by atoms with Gasteiger partial charge in [0, 0.05) is 0 Å². The van der Waals surface area contributed by atoms with Crippen LogP contribution in [0, 0.1) is 0 Å². The van der Waals surface area contributed by atoms with Crippen LogP contribution < -0.4 is 5.32 Å². The van der Waals surface area contributed by atoms with Crippen molar-refractivity contribution < 1.29 is 9.53 Å². The van der Waals surface area contributed by atoms with E-state index in [1.54, 1.807) is 6.92 Å². The molecule has 2 N–H and O–H groups in total. The maximum Gasteiger partial charge on any atom is 0.358 e. The average molecular weight is 288 g/mol. The molecule has 102 valence electrons. The van der Waals surface area contributed by atoms with Crippen LogP contribution in [-0.4, -0.2) is 27.5 Å². The lowest BCUT2D eigenvalue weighted by atomic mass is 10.3. The van der Waals surface area contributed by atoms with Gasteiger partial charge in [-0.2, -0.15) is 0 Å². The molecule has 0 atom stereocenters. The number of carbonyl (C=O) groups excluding carboxylic acids is 1. The zero-order chi connectivity index (χ0) is 13.9. The summed E-state index contributed by atoms with van der Waals surface area (Å²) in [5.41, 5.74) is 1.21. The Morgan fingerprint density at radius 1 is 1.45 bits per heavy atom. The standard InChI is InChI=1S/C13H12N4O2S/c1-2-19-12(18)10-11(15-7-14-10)17-13-16-8-5-3-4-6-9(8)20-13/h3-7H,2H2,1H3,(H,14,15)(H,16,17). The van der Waals surface area contributed by atoms with E-state index < -0.39 is 5.97 Å². The SMILES string of the molecule is CCOC(=O)c1[nH]cnc1Nc1nc2ccccc2s1. The molecule has 0 aliphatic heterocycles. The van der Waals surface area contributed by atoms with Gasteiger partial charge in [-0.05, 0) is 19.1 Å². The molecule has 0 aliphatic rings. The lowest BCUT2D eigenvalue weighted by Crippen LogP contribution is -2.07. The highest BCUT2D eigenvalue weighted by molar-refractivity contribution is 7.22. The molecule has 0 aliphatic carbocycles. The summed E-state index contributed by atoms with van der Waals surface area (Å²) >= 11 is 1.50. The van der Waals surface area contributed by atoms with Gasteiger partial charge in [0.15, 0.2) is 16.6 Å². The van der Waals surface area contributed by atoms with Crippen LogP contribution >= 0.6 is 11.3 Å². The van der Waals surface area contributed by atoms with Gasteiger partial charge in [-0.25, -0.2) is 14.8 Å². The van der Waals surface area contributed by atoms with E-state index in [0.717, 1.165) is 10.2 Å². The van der Waals surface area contributed by atoms with E-state index in [1.807, 2.05) is 24.3 Å². The molecule has 2 aromatic heterocycles. The second-order valence-corrected chi connectivity index (χ2v) is 4.99. The van der Waals surface area contributed by atoms with Crippen molar-refractivity contribution >= 4 is 38.5 Å². The number of imidazole rings is 1. The smallest absolute Gasteiger partial charge is 0.358 e. The molecule has 1 aromatic carbocycles. The topological polar surface area (TPSA) is 79.9 Å². The molecule has 0 saturated heterocycles. The number of thiazole rings is 1. The first-order valence-corrected chi connectivity index (χ1v) is 6.92. The van der Waals surface area contributed by atoms with Crippen molar-refractivity contribution in [1.29, 1.82) is 0 Å². The molecule has 0 fully saturated rings. The molecule has 3 rings (SSSR count). The third-order valence-electron chi connectivity index (χ3n) is 2.64. The number of hydrogen-bond acceptors (Lipinski definition) is 6. The van der Waals surface area contributed by atoms with Crippen molar-refractivity contribution in [3.05, 3.63) is 36.3 Å². The van der Waals surface area contributed by atoms with Crippen LogP contribution in [0.1, 0.15) is 17.4 Å². The number of rotatable bonds is 4. The molecular formula is C13H12N4O2S. The molecule has 7 heteroatoms. The highest BCUT2D eigenvalue weighted by atomic mass is 32.1. The summed E-state index contributed by atoms with van der Waals surface area (Å²) in [7, 11) is 0. The highest BCUT2D eigenvalue weighted by Gasteiger charge is 2.16. The Balaban J connectivity index is 1.87. The predicted octanol–water partition coefficient (Wildman–Crippen LogP) is 2.94. The van der Waals surface area contributed by atoms with Gasteiger partial charge >= 0.3 is 5.97 Å². The van der Waals surface area contributed by atoms with E-state index in [4.69, 9.17) is 4.74 Å². The number of H-pyrrole nitrogens is 1. The molecule has 0 radical (unpaired) electrons. The number of benzene rings is 1. The molecule has 20 heavy (non-hydrogen) atoms. The van der Waals surface area contributed by atoms with Gasteiger partial charge in [0.1, 0.15) is 0 Å². The predicted molar refractivity (Wildman–Crippen MR) is 77.4 cm³/mol. The maximum atomic E-state index is 11.7. The third-order valence-corrected chi connectivity index (χ3v) is 3.59. The Morgan fingerprint density at radius 2 is 2.30 bits per heavy atom. The number of anilines is 2. The van der Waals surface area contributed by atoms with Crippen molar-refractivity contribution in [2.75, 3.05) is 11.9 Å². The average Bonchev–Trinajstić information content (AvgIpc) is 3.05. The minimum Gasteiger partial charge on any atom is -0.461 e. The van der Waals surface area contributed by atoms with Crippen LogP contribution in [0.25, 0.3) is 10.2 Å².